The molecule has 0 aromatic heterocycles. The van der Waals surface area contributed by atoms with Crippen molar-refractivity contribution >= 4 is 11.6 Å². The van der Waals surface area contributed by atoms with Crippen LogP contribution in [0.5, 0.6) is 5.75 Å². The van der Waals surface area contributed by atoms with Gasteiger partial charge in [0.1, 0.15) is 5.75 Å². The van der Waals surface area contributed by atoms with Gasteiger partial charge in [-0.1, -0.05) is 23.8 Å². The number of anilines is 1. The van der Waals surface area contributed by atoms with E-state index in [1.54, 1.807) is 6.92 Å². The topological polar surface area (TPSA) is 38.3 Å². The van der Waals surface area contributed by atoms with Crippen LogP contribution >= 0.6 is 0 Å². The summed E-state index contributed by atoms with van der Waals surface area (Å²) in [5, 5.41) is 2.90. The fraction of sp³-hybridized carbons (Fsp3) is 0.316. The molecule has 2 aromatic carbocycles. The molecule has 3 heteroatoms. The smallest absolute Gasteiger partial charge is 0.265 e. The Balaban J connectivity index is 2.04. The molecule has 0 saturated heterocycles. The van der Waals surface area contributed by atoms with E-state index in [-0.39, 0.29) is 5.91 Å². The van der Waals surface area contributed by atoms with Crippen molar-refractivity contribution in [2.75, 3.05) is 5.32 Å². The molecule has 0 aliphatic heterocycles. The molecule has 0 fully saturated rings. The van der Waals surface area contributed by atoms with Crippen LogP contribution in [0.1, 0.15) is 29.2 Å². The predicted octanol–water partition coefficient (Wildman–Crippen LogP) is 4.33. The van der Waals surface area contributed by atoms with Gasteiger partial charge in [-0.3, -0.25) is 4.79 Å². The lowest BCUT2D eigenvalue weighted by atomic mass is 10.1. The molecular formula is C19H23NO2. The summed E-state index contributed by atoms with van der Waals surface area (Å²) in [5.74, 6) is 0.594. The van der Waals surface area contributed by atoms with E-state index in [1.807, 2.05) is 64.1 Å². The van der Waals surface area contributed by atoms with E-state index in [4.69, 9.17) is 4.74 Å². The van der Waals surface area contributed by atoms with Crippen LogP contribution in [0, 0.1) is 27.7 Å². The Labute approximate surface area is 132 Å². The second-order valence-corrected chi connectivity index (χ2v) is 5.82. The standard InChI is InChI=1S/C19H23NO2/c1-12-6-9-18(15(4)10-12)22-16(5)19(21)20-17-8-7-13(2)14(3)11-17/h6-11,16H,1-5H3,(H,20,21)/t16-/m0/s1. The van der Waals surface area contributed by atoms with Crippen molar-refractivity contribution in [2.45, 2.75) is 40.7 Å². The molecule has 3 nitrogen and oxygen atoms in total. The predicted molar refractivity (Wildman–Crippen MR) is 90.6 cm³/mol. The number of carbonyl (C=O) groups is 1. The third kappa shape index (κ3) is 3.88. The van der Waals surface area contributed by atoms with E-state index < -0.39 is 6.10 Å². The van der Waals surface area contributed by atoms with Crippen LogP contribution in [0.2, 0.25) is 0 Å². The van der Waals surface area contributed by atoms with E-state index in [0.29, 0.717) is 0 Å². The number of ether oxygens (including phenoxy) is 1. The van der Waals surface area contributed by atoms with Gasteiger partial charge in [-0.15, -0.1) is 0 Å². The molecule has 0 bridgehead atoms. The average molecular weight is 297 g/mol. The Kier molecular flexibility index (Phi) is 4.86. The van der Waals surface area contributed by atoms with E-state index in [9.17, 15) is 4.79 Å². The molecule has 0 aliphatic rings. The first-order valence-corrected chi connectivity index (χ1v) is 7.49. The minimum atomic E-state index is -0.553. The zero-order valence-electron chi connectivity index (χ0n) is 13.9. The lowest BCUT2D eigenvalue weighted by Gasteiger charge is -2.17. The summed E-state index contributed by atoms with van der Waals surface area (Å²) in [4.78, 5) is 12.3. The van der Waals surface area contributed by atoms with Gasteiger partial charge in [0.05, 0.1) is 0 Å². The van der Waals surface area contributed by atoms with Crippen LogP contribution < -0.4 is 10.1 Å². The summed E-state index contributed by atoms with van der Waals surface area (Å²) < 4.78 is 5.78. The van der Waals surface area contributed by atoms with Gasteiger partial charge in [-0.2, -0.15) is 0 Å². The van der Waals surface area contributed by atoms with Crippen molar-refractivity contribution in [1.82, 2.24) is 0 Å². The van der Waals surface area contributed by atoms with Gasteiger partial charge in [0, 0.05) is 5.69 Å². The molecule has 0 heterocycles. The van der Waals surface area contributed by atoms with Gasteiger partial charge in [0.2, 0.25) is 0 Å². The second kappa shape index (κ2) is 6.65. The highest BCUT2D eigenvalue weighted by Crippen LogP contribution is 2.21. The maximum absolute atomic E-state index is 12.3. The van der Waals surface area contributed by atoms with Crippen molar-refractivity contribution in [1.29, 1.82) is 0 Å². The molecule has 0 unspecified atom stereocenters. The molecule has 1 amide bonds. The van der Waals surface area contributed by atoms with Crippen molar-refractivity contribution in [2.24, 2.45) is 0 Å². The third-order valence-electron chi connectivity index (χ3n) is 3.78. The third-order valence-corrected chi connectivity index (χ3v) is 3.78. The number of amides is 1. The zero-order valence-corrected chi connectivity index (χ0v) is 13.9. The molecule has 22 heavy (non-hydrogen) atoms. The SMILES string of the molecule is Cc1ccc(O[C@@H](C)C(=O)Nc2ccc(C)c(C)c2)c(C)c1. The Morgan fingerprint density at radius 3 is 2.32 bits per heavy atom. The number of hydrogen-bond donors (Lipinski definition) is 1. The average Bonchev–Trinajstić information content (AvgIpc) is 2.45. The quantitative estimate of drug-likeness (QED) is 0.912. The summed E-state index contributed by atoms with van der Waals surface area (Å²) >= 11 is 0. The largest absolute Gasteiger partial charge is 0.481 e. The van der Waals surface area contributed by atoms with E-state index >= 15 is 0 Å². The Morgan fingerprint density at radius 1 is 0.955 bits per heavy atom. The van der Waals surface area contributed by atoms with Gasteiger partial charge >= 0.3 is 0 Å². The fourth-order valence-electron chi connectivity index (χ4n) is 2.24. The molecule has 0 spiro atoms. The second-order valence-electron chi connectivity index (χ2n) is 5.82. The van der Waals surface area contributed by atoms with Gasteiger partial charge in [-0.05, 0) is 69.5 Å². The Morgan fingerprint density at radius 2 is 1.68 bits per heavy atom. The lowest BCUT2D eigenvalue weighted by Crippen LogP contribution is -2.30. The normalized spacial score (nSPS) is 11.9. The number of hydrogen-bond acceptors (Lipinski definition) is 2. The van der Waals surface area contributed by atoms with Crippen LogP contribution in [-0.2, 0) is 4.79 Å². The van der Waals surface area contributed by atoms with Gasteiger partial charge in [0.25, 0.3) is 5.91 Å². The first-order chi connectivity index (χ1) is 10.4. The van der Waals surface area contributed by atoms with Crippen LogP contribution in [0.3, 0.4) is 0 Å². The zero-order chi connectivity index (χ0) is 16.3. The summed E-state index contributed by atoms with van der Waals surface area (Å²) in [5.41, 5.74) is 5.37. The van der Waals surface area contributed by atoms with E-state index in [0.717, 1.165) is 22.6 Å². The summed E-state index contributed by atoms with van der Waals surface area (Å²) in [7, 11) is 0. The van der Waals surface area contributed by atoms with Crippen molar-refractivity contribution in [3.8, 4) is 5.75 Å². The Bertz CT molecular complexity index is 692. The van der Waals surface area contributed by atoms with Crippen molar-refractivity contribution in [3.63, 3.8) is 0 Å². The minimum absolute atomic E-state index is 0.150. The highest BCUT2D eigenvalue weighted by molar-refractivity contribution is 5.94. The molecule has 116 valence electrons. The summed E-state index contributed by atoms with van der Waals surface area (Å²) in [6.45, 7) is 9.85. The molecular weight excluding hydrogens is 274 g/mol. The number of aryl methyl sites for hydroxylation is 4. The minimum Gasteiger partial charge on any atom is -0.481 e. The summed E-state index contributed by atoms with van der Waals surface area (Å²) in [6.07, 6.45) is -0.553. The maximum atomic E-state index is 12.3. The van der Waals surface area contributed by atoms with Crippen molar-refractivity contribution in [3.05, 3.63) is 58.7 Å². The monoisotopic (exact) mass is 297 g/mol. The number of carbonyl (C=O) groups excluding carboxylic acids is 1. The maximum Gasteiger partial charge on any atom is 0.265 e. The highest BCUT2D eigenvalue weighted by atomic mass is 16.5. The van der Waals surface area contributed by atoms with Gasteiger partial charge in [-0.25, -0.2) is 0 Å². The molecule has 2 aromatic rings. The van der Waals surface area contributed by atoms with Crippen LogP contribution in [-0.4, -0.2) is 12.0 Å². The van der Waals surface area contributed by atoms with E-state index in [1.165, 1.54) is 11.1 Å². The molecule has 2 rings (SSSR count). The van der Waals surface area contributed by atoms with Crippen LogP contribution in [0.15, 0.2) is 36.4 Å². The number of nitrogens with one attached hydrogen (secondary N) is 1. The number of rotatable bonds is 4. The van der Waals surface area contributed by atoms with Crippen LogP contribution in [0.25, 0.3) is 0 Å². The summed E-state index contributed by atoms with van der Waals surface area (Å²) in [6, 6.07) is 11.8. The van der Waals surface area contributed by atoms with Gasteiger partial charge in [0.15, 0.2) is 6.10 Å². The fourth-order valence-corrected chi connectivity index (χ4v) is 2.24. The first-order valence-electron chi connectivity index (χ1n) is 7.49. The Hall–Kier alpha value is -2.29. The molecule has 0 radical (unpaired) electrons. The lowest BCUT2D eigenvalue weighted by molar-refractivity contribution is -0.122. The van der Waals surface area contributed by atoms with Crippen molar-refractivity contribution < 1.29 is 9.53 Å². The molecule has 0 aliphatic carbocycles. The molecule has 0 saturated carbocycles. The van der Waals surface area contributed by atoms with Crippen LogP contribution in [0.4, 0.5) is 5.69 Å². The highest BCUT2D eigenvalue weighted by Gasteiger charge is 2.16. The number of benzene rings is 2. The first kappa shape index (κ1) is 16.1. The molecule has 1 atom stereocenters. The van der Waals surface area contributed by atoms with Gasteiger partial charge < -0.3 is 10.1 Å². The molecule has 1 N–H and O–H groups in total. The van der Waals surface area contributed by atoms with E-state index in [2.05, 4.69) is 5.32 Å².